The minimum absolute atomic E-state index is 0.144. The second kappa shape index (κ2) is 5.05. The van der Waals surface area contributed by atoms with Gasteiger partial charge < -0.3 is 5.32 Å². The average molecular weight is 277 g/mol. The van der Waals surface area contributed by atoms with Gasteiger partial charge in [0.15, 0.2) is 0 Å². The smallest absolute Gasteiger partial charge is 0.254 e. The van der Waals surface area contributed by atoms with E-state index in [0.717, 1.165) is 22.6 Å². The van der Waals surface area contributed by atoms with Crippen LogP contribution in [0.5, 0.6) is 0 Å². The maximum absolute atomic E-state index is 13.3. The van der Waals surface area contributed by atoms with Crippen LogP contribution >= 0.6 is 11.8 Å². The molecule has 0 saturated heterocycles. The van der Waals surface area contributed by atoms with Gasteiger partial charge in [0.1, 0.15) is 5.82 Å². The molecular formula is C13H12FN3OS. The normalized spacial score (nSPS) is 17.8. The summed E-state index contributed by atoms with van der Waals surface area (Å²) in [4.78, 5) is 13.0. The summed E-state index contributed by atoms with van der Waals surface area (Å²) in [6.45, 7) is 0. The Kier molecular flexibility index (Phi) is 3.25. The number of fused-ring (bicyclic) bond motifs is 1. The molecule has 0 saturated carbocycles. The predicted octanol–water partition coefficient (Wildman–Crippen LogP) is 2.52. The number of nitrogens with one attached hydrogen (secondary N) is 2. The summed E-state index contributed by atoms with van der Waals surface area (Å²) < 4.78 is 13.3. The van der Waals surface area contributed by atoms with E-state index in [1.165, 1.54) is 18.3 Å². The number of nitrogens with zero attached hydrogens (tertiary/aromatic N) is 1. The molecule has 2 aromatic rings. The van der Waals surface area contributed by atoms with Crippen LogP contribution < -0.4 is 5.32 Å². The van der Waals surface area contributed by atoms with Crippen molar-refractivity contribution in [1.29, 1.82) is 0 Å². The zero-order valence-corrected chi connectivity index (χ0v) is 10.8. The molecule has 0 bridgehead atoms. The monoisotopic (exact) mass is 277 g/mol. The molecule has 1 unspecified atom stereocenters. The van der Waals surface area contributed by atoms with Crippen molar-refractivity contribution in [3.63, 3.8) is 0 Å². The number of aromatic amines is 1. The fraction of sp³-hybridized carbons (Fsp3) is 0.231. The van der Waals surface area contributed by atoms with E-state index in [-0.39, 0.29) is 17.8 Å². The lowest BCUT2D eigenvalue weighted by atomic mass is 10.0. The molecule has 2 N–H and O–H groups in total. The van der Waals surface area contributed by atoms with E-state index in [9.17, 15) is 9.18 Å². The van der Waals surface area contributed by atoms with Crippen molar-refractivity contribution < 1.29 is 9.18 Å². The molecule has 0 radical (unpaired) electrons. The molecule has 1 aliphatic heterocycles. The van der Waals surface area contributed by atoms with Crippen LogP contribution in [-0.4, -0.2) is 21.9 Å². The zero-order chi connectivity index (χ0) is 13.2. The van der Waals surface area contributed by atoms with Crippen molar-refractivity contribution in [3.8, 4) is 0 Å². The molecule has 1 amide bonds. The number of aromatic nitrogens is 2. The first-order valence-electron chi connectivity index (χ1n) is 5.96. The zero-order valence-electron chi connectivity index (χ0n) is 10.0. The summed E-state index contributed by atoms with van der Waals surface area (Å²) in [6, 6.07) is 4.58. The van der Waals surface area contributed by atoms with Gasteiger partial charge in [0.25, 0.3) is 5.91 Å². The molecule has 1 aliphatic rings. The van der Waals surface area contributed by atoms with E-state index in [1.807, 2.05) is 0 Å². The Bertz CT molecular complexity index is 600. The Morgan fingerprint density at radius 1 is 1.53 bits per heavy atom. The highest BCUT2D eigenvalue weighted by atomic mass is 32.2. The highest BCUT2D eigenvalue weighted by Crippen LogP contribution is 2.36. The second-order valence-electron chi connectivity index (χ2n) is 4.33. The highest BCUT2D eigenvalue weighted by molar-refractivity contribution is 7.99. The van der Waals surface area contributed by atoms with E-state index in [2.05, 4.69) is 15.5 Å². The maximum atomic E-state index is 13.3. The molecule has 19 heavy (non-hydrogen) atoms. The molecule has 1 aromatic carbocycles. The van der Waals surface area contributed by atoms with Gasteiger partial charge in [-0.05, 0) is 30.2 Å². The summed E-state index contributed by atoms with van der Waals surface area (Å²) in [7, 11) is 0. The average Bonchev–Trinajstić information content (AvgIpc) is 2.93. The van der Waals surface area contributed by atoms with Gasteiger partial charge in [-0.3, -0.25) is 9.89 Å². The SMILES string of the molecule is O=C(NC1CCSc2ccc(F)cc21)c1cn[nH]c1. The van der Waals surface area contributed by atoms with Crippen molar-refractivity contribution in [1.82, 2.24) is 15.5 Å². The molecule has 6 heteroatoms. The Morgan fingerprint density at radius 2 is 2.42 bits per heavy atom. The number of halogens is 1. The van der Waals surface area contributed by atoms with Gasteiger partial charge in [0, 0.05) is 16.8 Å². The lowest BCUT2D eigenvalue weighted by Crippen LogP contribution is -2.30. The Labute approximate surface area is 113 Å². The molecule has 3 rings (SSSR count). The lowest BCUT2D eigenvalue weighted by molar-refractivity contribution is 0.0935. The molecule has 2 heterocycles. The first kappa shape index (κ1) is 12.2. The van der Waals surface area contributed by atoms with Gasteiger partial charge in [-0.15, -0.1) is 11.8 Å². The van der Waals surface area contributed by atoms with Crippen molar-refractivity contribution in [3.05, 3.63) is 47.5 Å². The Balaban J connectivity index is 1.84. The molecule has 1 aromatic heterocycles. The van der Waals surface area contributed by atoms with Gasteiger partial charge in [0.2, 0.25) is 0 Å². The van der Waals surface area contributed by atoms with Crippen molar-refractivity contribution in [2.45, 2.75) is 17.4 Å². The number of carbonyl (C=O) groups is 1. The van der Waals surface area contributed by atoms with Gasteiger partial charge in [-0.25, -0.2) is 4.39 Å². The van der Waals surface area contributed by atoms with Crippen LogP contribution in [0.4, 0.5) is 4.39 Å². The van der Waals surface area contributed by atoms with Gasteiger partial charge in [0.05, 0.1) is 17.8 Å². The first-order chi connectivity index (χ1) is 9.24. The first-order valence-corrected chi connectivity index (χ1v) is 6.94. The van der Waals surface area contributed by atoms with Crippen LogP contribution in [0.15, 0.2) is 35.5 Å². The van der Waals surface area contributed by atoms with E-state index >= 15 is 0 Å². The van der Waals surface area contributed by atoms with Crippen LogP contribution in [0.25, 0.3) is 0 Å². The summed E-state index contributed by atoms with van der Waals surface area (Å²) in [5, 5.41) is 9.27. The summed E-state index contributed by atoms with van der Waals surface area (Å²) in [5.74, 6) is 0.444. The number of benzene rings is 1. The minimum atomic E-state index is -0.274. The minimum Gasteiger partial charge on any atom is -0.345 e. The Morgan fingerprint density at radius 3 is 3.21 bits per heavy atom. The van der Waals surface area contributed by atoms with Crippen LogP contribution in [0, 0.1) is 5.82 Å². The standard InChI is InChI=1S/C13H12FN3OS/c14-9-1-2-12-10(5-9)11(3-4-19-12)17-13(18)8-6-15-16-7-8/h1-2,5-7,11H,3-4H2,(H,15,16)(H,17,18). The number of H-pyrrole nitrogens is 1. The third-order valence-corrected chi connectivity index (χ3v) is 4.20. The van der Waals surface area contributed by atoms with Crippen molar-refractivity contribution in [2.75, 3.05) is 5.75 Å². The second-order valence-corrected chi connectivity index (χ2v) is 5.47. The van der Waals surface area contributed by atoms with Crippen LogP contribution in [0.3, 0.4) is 0 Å². The number of hydrogen-bond donors (Lipinski definition) is 2. The van der Waals surface area contributed by atoms with Crippen molar-refractivity contribution in [2.24, 2.45) is 0 Å². The van der Waals surface area contributed by atoms with Crippen molar-refractivity contribution >= 4 is 17.7 Å². The summed E-state index contributed by atoms with van der Waals surface area (Å²) in [6.07, 6.45) is 3.81. The molecule has 0 aliphatic carbocycles. The lowest BCUT2D eigenvalue weighted by Gasteiger charge is -2.25. The largest absolute Gasteiger partial charge is 0.345 e. The van der Waals surface area contributed by atoms with E-state index in [1.54, 1.807) is 24.0 Å². The summed E-state index contributed by atoms with van der Waals surface area (Å²) in [5.41, 5.74) is 1.34. The summed E-state index contributed by atoms with van der Waals surface area (Å²) >= 11 is 1.69. The predicted molar refractivity (Wildman–Crippen MR) is 70.5 cm³/mol. The van der Waals surface area contributed by atoms with Crippen LogP contribution in [0.2, 0.25) is 0 Å². The molecule has 0 spiro atoms. The van der Waals surface area contributed by atoms with Crippen LogP contribution in [0.1, 0.15) is 28.4 Å². The van der Waals surface area contributed by atoms with E-state index in [0.29, 0.717) is 5.56 Å². The van der Waals surface area contributed by atoms with Gasteiger partial charge in [-0.2, -0.15) is 5.10 Å². The topological polar surface area (TPSA) is 57.8 Å². The molecule has 4 nitrogen and oxygen atoms in total. The quantitative estimate of drug-likeness (QED) is 0.886. The molecule has 98 valence electrons. The Hall–Kier alpha value is -1.82. The molecule has 0 fully saturated rings. The van der Waals surface area contributed by atoms with Crippen LogP contribution in [-0.2, 0) is 0 Å². The number of carbonyl (C=O) groups excluding carboxylic acids is 1. The number of rotatable bonds is 2. The van der Waals surface area contributed by atoms with Gasteiger partial charge >= 0.3 is 0 Å². The van der Waals surface area contributed by atoms with Gasteiger partial charge in [-0.1, -0.05) is 0 Å². The number of thioether (sulfide) groups is 1. The third kappa shape index (κ3) is 2.49. The van der Waals surface area contributed by atoms with E-state index < -0.39 is 0 Å². The number of amides is 1. The third-order valence-electron chi connectivity index (χ3n) is 3.08. The number of hydrogen-bond acceptors (Lipinski definition) is 3. The molecular weight excluding hydrogens is 265 g/mol. The highest BCUT2D eigenvalue weighted by Gasteiger charge is 2.23. The maximum Gasteiger partial charge on any atom is 0.254 e. The fourth-order valence-electron chi connectivity index (χ4n) is 2.13. The van der Waals surface area contributed by atoms with E-state index in [4.69, 9.17) is 0 Å². The molecule has 1 atom stereocenters. The fourth-order valence-corrected chi connectivity index (χ4v) is 3.24.